The average Bonchev–Trinajstić information content (AvgIpc) is 3.21. The van der Waals surface area contributed by atoms with Gasteiger partial charge in [-0.05, 0) is 30.0 Å². The standard InChI is InChI=1S/C23H29N5O/c1-7-19-21(26(6)22(29)27(19)16-23(3,4)5)25-17(2)20-13-14-24-28(20)15-18-11-9-8-10-12-18/h7-14H,1,15-16H2,2-6H3. The Bertz CT molecular complexity index is 1090. The van der Waals surface area contributed by atoms with Crippen molar-refractivity contribution < 1.29 is 0 Å². The summed E-state index contributed by atoms with van der Waals surface area (Å²) in [5.74, 6) is 0.610. The molecule has 29 heavy (non-hydrogen) atoms. The van der Waals surface area contributed by atoms with Crippen LogP contribution in [-0.2, 0) is 20.1 Å². The van der Waals surface area contributed by atoms with Crippen LogP contribution in [0.5, 0.6) is 0 Å². The lowest BCUT2D eigenvalue weighted by molar-refractivity contribution is 0.336. The van der Waals surface area contributed by atoms with Crippen LogP contribution in [0.3, 0.4) is 0 Å². The molecule has 0 amide bonds. The first-order valence-electron chi connectivity index (χ1n) is 9.74. The highest BCUT2D eigenvalue weighted by molar-refractivity contribution is 5.99. The van der Waals surface area contributed by atoms with Crippen molar-refractivity contribution in [3.05, 3.63) is 76.6 Å². The first-order valence-corrected chi connectivity index (χ1v) is 9.74. The molecule has 0 saturated heterocycles. The number of aromatic nitrogens is 4. The average molecular weight is 392 g/mol. The summed E-state index contributed by atoms with van der Waals surface area (Å²) in [5.41, 5.74) is 3.50. The van der Waals surface area contributed by atoms with Crippen molar-refractivity contribution >= 4 is 17.6 Å². The zero-order valence-electron chi connectivity index (χ0n) is 17.9. The molecule has 152 valence electrons. The number of benzene rings is 1. The molecule has 0 spiro atoms. The zero-order valence-corrected chi connectivity index (χ0v) is 17.9. The second kappa shape index (κ2) is 8.07. The van der Waals surface area contributed by atoms with Crippen LogP contribution in [0.15, 0.2) is 59.0 Å². The predicted molar refractivity (Wildman–Crippen MR) is 119 cm³/mol. The van der Waals surface area contributed by atoms with E-state index in [1.165, 1.54) is 5.56 Å². The Morgan fingerprint density at radius 1 is 1.21 bits per heavy atom. The van der Waals surface area contributed by atoms with Crippen molar-refractivity contribution in [3.8, 4) is 0 Å². The lowest BCUT2D eigenvalue weighted by Gasteiger charge is -2.19. The molecule has 1 aromatic carbocycles. The normalized spacial score (nSPS) is 12.4. The van der Waals surface area contributed by atoms with E-state index in [4.69, 9.17) is 4.99 Å². The SMILES string of the molecule is C=Cc1c(N=C(C)c2ccnn2Cc2ccccc2)n(C)c(=O)n1CC(C)(C)C. The summed E-state index contributed by atoms with van der Waals surface area (Å²) < 4.78 is 5.26. The first-order chi connectivity index (χ1) is 13.7. The van der Waals surface area contributed by atoms with E-state index in [-0.39, 0.29) is 11.1 Å². The van der Waals surface area contributed by atoms with E-state index in [1.54, 1.807) is 28.5 Å². The summed E-state index contributed by atoms with van der Waals surface area (Å²) in [6, 6.07) is 12.1. The van der Waals surface area contributed by atoms with E-state index in [0.29, 0.717) is 18.9 Å². The minimum absolute atomic E-state index is 0.0345. The van der Waals surface area contributed by atoms with Gasteiger partial charge in [0.1, 0.15) is 0 Å². The molecule has 3 aromatic rings. The van der Waals surface area contributed by atoms with Crippen LogP contribution in [0, 0.1) is 5.41 Å². The van der Waals surface area contributed by atoms with Crippen molar-refractivity contribution in [1.82, 2.24) is 18.9 Å². The summed E-state index contributed by atoms with van der Waals surface area (Å²) in [6.45, 7) is 13.4. The molecule has 6 heteroatoms. The first kappa shape index (κ1) is 20.6. The summed E-state index contributed by atoms with van der Waals surface area (Å²) in [4.78, 5) is 17.6. The van der Waals surface area contributed by atoms with E-state index in [0.717, 1.165) is 17.1 Å². The third-order valence-corrected chi connectivity index (χ3v) is 4.72. The van der Waals surface area contributed by atoms with E-state index < -0.39 is 0 Å². The molecule has 6 nitrogen and oxygen atoms in total. The lowest BCUT2D eigenvalue weighted by Crippen LogP contribution is -2.28. The van der Waals surface area contributed by atoms with Crippen LogP contribution in [0.4, 0.5) is 5.82 Å². The van der Waals surface area contributed by atoms with Crippen molar-refractivity contribution in [2.24, 2.45) is 17.5 Å². The molecule has 2 aromatic heterocycles. The van der Waals surface area contributed by atoms with Gasteiger partial charge in [-0.3, -0.25) is 13.8 Å². The van der Waals surface area contributed by atoms with Gasteiger partial charge < -0.3 is 0 Å². The maximum Gasteiger partial charge on any atom is 0.330 e. The van der Waals surface area contributed by atoms with Gasteiger partial charge in [0.15, 0.2) is 5.82 Å². The Morgan fingerprint density at radius 2 is 1.90 bits per heavy atom. The number of rotatable bonds is 6. The number of imidazole rings is 1. The fraction of sp³-hybridized carbons (Fsp3) is 0.348. The van der Waals surface area contributed by atoms with Crippen molar-refractivity contribution in [1.29, 1.82) is 0 Å². The fourth-order valence-corrected chi connectivity index (χ4v) is 3.37. The van der Waals surface area contributed by atoms with Gasteiger partial charge in [-0.15, -0.1) is 0 Å². The van der Waals surface area contributed by atoms with Crippen molar-refractivity contribution in [2.45, 2.75) is 40.8 Å². The van der Waals surface area contributed by atoms with Crippen LogP contribution in [0.2, 0.25) is 0 Å². The maximum absolute atomic E-state index is 12.8. The Balaban J connectivity index is 2.02. The largest absolute Gasteiger partial charge is 0.330 e. The predicted octanol–water partition coefficient (Wildman–Crippen LogP) is 4.26. The van der Waals surface area contributed by atoms with Crippen molar-refractivity contribution in [2.75, 3.05) is 0 Å². The summed E-state index contributed by atoms with van der Waals surface area (Å²) in [5, 5.41) is 4.45. The molecule has 0 atom stereocenters. The maximum atomic E-state index is 12.8. The van der Waals surface area contributed by atoms with Gasteiger partial charge in [0.05, 0.1) is 23.6 Å². The molecule has 0 fully saturated rings. The summed E-state index contributed by atoms with van der Waals surface area (Å²) in [6.07, 6.45) is 3.48. The third kappa shape index (κ3) is 4.47. The Hall–Kier alpha value is -3.15. The fourth-order valence-electron chi connectivity index (χ4n) is 3.37. The Kier molecular flexibility index (Phi) is 5.73. The van der Waals surface area contributed by atoms with E-state index in [2.05, 4.69) is 44.6 Å². The molecule has 0 bridgehead atoms. The van der Waals surface area contributed by atoms with E-state index >= 15 is 0 Å². The molecule has 0 aliphatic heterocycles. The minimum Gasteiger partial charge on any atom is -0.290 e. The van der Waals surface area contributed by atoms with Crippen LogP contribution in [0.1, 0.15) is 44.6 Å². The van der Waals surface area contributed by atoms with Gasteiger partial charge in [0.25, 0.3) is 0 Å². The van der Waals surface area contributed by atoms with Crippen molar-refractivity contribution in [3.63, 3.8) is 0 Å². The van der Waals surface area contributed by atoms with Crippen LogP contribution in [-0.4, -0.2) is 24.6 Å². The van der Waals surface area contributed by atoms with Gasteiger partial charge in [-0.25, -0.2) is 9.79 Å². The number of hydrogen-bond donors (Lipinski definition) is 0. The molecular formula is C23H29N5O. The molecule has 2 heterocycles. The van der Waals surface area contributed by atoms with Crippen LogP contribution < -0.4 is 5.69 Å². The smallest absolute Gasteiger partial charge is 0.290 e. The quantitative estimate of drug-likeness (QED) is 0.590. The number of hydrogen-bond acceptors (Lipinski definition) is 3. The molecule has 0 saturated carbocycles. The minimum atomic E-state index is -0.0841. The van der Waals surface area contributed by atoms with Crippen LogP contribution >= 0.6 is 0 Å². The van der Waals surface area contributed by atoms with Gasteiger partial charge in [-0.1, -0.05) is 57.7 Å². The van der Waals surface area contributed by atoms with Crippen LogP contribution in [0.25, 0.3) is 6.08 Å². The molecular weight excluding hydrogens is 362 g/mol. The molecule has 0 N–H and O–H groups in total. The van der Waals surface area contributed by atoms with Gasteiger partial charge in [-0.2, -0.15) is 5.10 Å². The molecule has 0 radical (unpaired) electrons. The molecule has 0 unspecified atom stereocenters. The highest BCUT2D eigenvalue weighted by atomic mass is 16.1. The molecule has 0 aliphatic carbocycles. The second-order valence-corrected chi connectivity index (χ2v) is 8.46. The summed E-state index contributed by atoms with van der Waals surface area (Å²) >= 11 is 0. The van der Waals surface area contributed by atoms with Gasteiger partial charge in [0.2, 0.25) is 0 Å². The molecule has 0 aliphatic rings. The highest BCUT2D eigenvalue weighted by Crippen LogP contribution is 2.24. The monoisotopic (exact) mass is 391 g/mol. The Labute approximate surface area is 171 Å². The highest BCUT2D eigenvalue weighted by Gasteiger charge is 2.21. The van der Waals surface area contributed by atoms with Gasteiger partial charge >= 0.3 is 5.69 Å². The molecule has 3 rings (SSSR count). The Morgan fingerprint density at radius 3 is 2.52 bits per heavy atom. The number of aliphatic imine (C=N–C) groups is 1. The topological polar surface area (TPSA) is 57.1 Å². The number of nitrogens with zero attached hydrogens (tertiary/aromatic N) is 5. The second-order valence-electron chi connectivity index (χ2n) is 8.46. The summed E-state index contributed by atoms with van der Waals surface area (Å²) in [7, 11) is 1.75. The van der Waals surface area contributed by atoms with Gasteiger partial charge in [0, 0.05) is 19.8 Å². The van der Waals surface area contributed by atoms with E-state index in [9.17, 15) is 4.79 Å². The lowest BCUT2D eigenvalue weighted by atomic mass is 9.97. The zero-order chi connectivity index (χ0) is 21.2. The van der Waals surface area contributed by atoms with E-state index in [1.807, 2.05) is 35.9 Å². The third-order valence-electron chi connectivity index (χ3n) is 4.72.